The highest BCUT2D eigenvalue weighted by molar-refractivity contribution is 5.27. The van der Waals surface area contributed by atoms with E-state index in [9.17, 15) is 0 Å². The van der Waals surface area contributed by atoms with Crippen LogP contribution in [0.25, 0.3) is 0 Å². The molecule has 0 bridgehead atoms. The van der Waals surface area contributed by atoms with E-state index < -0.39 is 0 Å². The van der Waals surface area contributed by atoms with Crippen molar-refractivity contribution >= 4 is 0 Å². The number of nitrogens with zero attached hydrogens (tertiary/aromatic N) is 1. The zero-order valence-corrected chi connectivity index (χ0v) is 13.9. The van der Waals surface area contributed by atoms with E-state index in [0.29, 0.717) is 12.0 Å². The third-order valence-electron chi connectivity index (χ3n) is 4.67. The highest BCUT2D eigenvalue weighted by Crippen LogP contribution is 2.25. The van der Waals surface area contributed by atoms with Gasteiger partial charge in [-0.3, -0.25) is 4.90 Å². The molecule has 4 nitrogen and oxygen atoms in total. The van der Waals surface area contributed by atoms with E-state index in [1.54, 1.807) is 13.4 Å². The largest absolute Gasteiger partial charge is 0.497 e. The summed E-state index contributed by atoms with van der Waals surface area (Å²) in [7, 11) is 3.53. The van der Waals surface area contributed by atoms with Crippen molar-refractivity contribution in [2.24, 2.45) is 5.92 Å². The van der Waals surface area contributed by atoms with E-state index >= 15 is 0 Å². The molecule has 2 atom stereocenters. The standard InChI is InChI=1S/C19H25NO3/c1-21-17-7-5-15(6-8-17)12-16-13-20(10-9-19(16)22-2)14-18-4-3-11-23-18/h3-8,11,16,19H,9-10,12-14H2,1-2H3/t16-,19-/m1/s1. The SMILES string of the molecule is COc1ccc(C[C@@H]2CN(Cc3ccco3)CC[C@H]2OC)cc1. The topological polar surface area (TPSA) is 34.8 Å². The summed E-state index contributed by atoms with van der Waals surface area (Å²) in [6, 6.07) is 12.3. The van der Waals surface area contributed by atoms with Gasteiger partial charge in [0.25, 0.3) is 0 Å². The molecule has 1 aromatic heterocycles. The summed E-state index contributed by atoms with van der Waals surface area (Å²) in [5, 5.41) is 0. The minimum atomic E-state index is 0.324. The maximum atomic E-state index is 5.73. The maximum absolute atomic E-state index is 5.73. The van der Waals surface area contributed by atoms with Gasteiger partial charge in [-0.1, -0.05) is 12.1 Å². The van der Waals surface area contributed by atoms with Crippen molar-refractivity contribution in [2.45, 2.75) is 25.5 Å². The third-order valence-corrected chi connectivity index (χ3v) is 4.67. The van der Waals surface area contributed by atoms with Crippen LogP contribution in [0.2, 0.25) is 0 Å². The van der Waals surface area contributed by atoms with Crippen LogP contribution >= 0.6 is 0 Å². The minimum absolute atomic E-state index is 0.324. The lowest BCUT2D eigenvalue weighted by Gasteiger charge is -2.37. The van der Waals surface area contributed by atoms with Gasteiger partial charge in [-0.15, -0.1) is 0 Å². The van der Waals surface area contributed by atoms with Crippen LogP contribution in [-0.2, 0) is 17.7 Å². The summed E-state index contributed by atoms with van der Waals surface area (Å²) in [5.41, 5.74) is 1.33. The Bertz CT molecular complexity index is 579. The van der Waals surface area contributed by atoms with E-state index in [0.717, 1.165) is 44.0 Å². The van der Waals surface area contributed by atoms with Gasteiger partial charge >= 0.3 is 0 Å². The Hall–Kier alpha value is -1.78. The summed E-state index contributed by atoms with van der Waals surface area (Å²) in [5.74, 6) is 2.43. The number of benzene rings is 1. The molecular weight excluding hydrogens is 290 g/mol. The predicted octanol–water partition coefficient (Wildman–Crippen LogP) is 3.37. The first-order valence-corrected chi connectivity index (χ1v) is 8.19. The van der Waals surface area contributed by atoms with Gasteiger partial charge in [0.15, 0.2) is 0 Å². The molecule has 2 heterocycles. The van der Waals surface area contributed by atoms with Gasteiger partial charge in [0.05, 0.1) is 26.0 Å². The van der Waals surface area contributed by atoms with Gasteiger partial charge in [-0.2, -0.15) is 0 Å². The first-order chi connectivity index (χ1) is 11.3. The number of hydrogen-bond acceptors (Lipinski definition) is 4. The number of likely N-dealkylation sites (tertiary alicyclic amines) is 1. The molecule has 1 aromatic carbocycles. The molecule has 1 aliphatic heterocycles. The average molecular weight is 315 g/mol. The summed E-state index contributed by atoms with van der Waals surface area (Å²) in [4.78, 5) is 2.46. The van der Waals surface area contributed by atoms with Gasteiger partial charge in [0.1, 0.15) is 11.5 Å². The molecule has 23 heavy (non-hydrogen) atoms. The lowest BCUT2D eigenvalue weighted by atomic mass is 9.88. The molecule has 4 heteroatoms. The first-order valence-electron chi connectivity index (χ1n) is 8.19. The van der Waals surface area contributed by atoms with E-state index in [1.165, 1.54) is 5.56 Å². The Labute approximate surface area is 138 Å². The maximum Gasteiger partial charge on any atom is 0.118 e. The molecule has 1 aliphatic rings. The summed E-state index contributed by atoms with van der Waals surface area (Å²) >= 11 is 0. The molecule has 0 saturated carbocycles. The van der Waals surface area contributed by atoms with Crippen LogP contribution in [-0.4, -0.2) is 38.3 Å². The third kappa shape index (κ3) is 4.15. The Morgan fingerprint density at radius 2 is 2.00 bits per heavy atom. The highest BCUT2D eigenvalue weighted by atomic mass is 16.5. The van der Waals surface area contributed by atoms with Gasteiger partial charge < -0.3 is 13.9 Å². The first kappa shape index (κ1) is 16.1. The van der Waals surface area contributed by atoms with Gasteiger partial charge in [-0.05, 0) is 42.7 Å². The number of piperidine rings is 1. The molecule has 0 N–H and O–H groups in total. The van der Waals surface area contributed by atoms with Crippen molar-refractivity contribution in [3.63, 3.8) is 0 Å². The zero-order chi connectivity index (χ0) is 16.1. The Morgan fingerprint density at radius 1 is 1.17 bits per heavy atom. The molecule has 2 aromatic rings. The molecule has 0 aliphatic carbocycles. The lowest BCUT2D eigenvalue weighted by Crippen LogP contribution is -2.44. The van der Waals surface area contributed by atoms with Crippen LogP contribution < -0.4 is 4.74 Å². The molecule has 124 valence electrons. The molecule has 0 amide bonds. The van der Waals surface area contributed by atoms with Gasteiger partial charge in [-0.25, -0.2) is 0 Å². The van der Waals surface area contributed by atoms with Crippen LogP contribution in [0.4, 0.5) is 0 Å². The highest BCUT2D eigenvalue weighted by Gasteiger charge is 2.29. The van der Waals surface area contributed by atoms with Crippen molar-refractivity contribution in [1.29, 1.82) is 0 Å². The molecule has 1 fully saturated rings. The van der Waals surface area contributed by atoms with E-state index in [4.69, 9.17) is 13.9 Å². The normalized spacial score (nSPS) is 22.2. The minimum Gasteiger partial charge on any atom is -0.497 e. The van der Waals surface area contributed by atoms with E-state index in [2.05, 4.69) is 17.0 Å². The van der Waals surface area contributed by atoms with E-state index in [-0.39, 0.29) is 0 Å². The number of rotatable bonds is 6. The Morgan fingerprint density at radius 3 is 2.65 bits per heavy atom. The second-order valence-corrected chi connectivity index (χ2v) is 6.19. The zero-order valence-electron chi connectivity index (χ0n) is 13.9. The summed E-state index contributed by atoms with van der Waals surface area (Å²) in [6.45, 7) is 2.96. The monoisotopic (exact) mass is 315 g/mol. The summed E-state index contributed by atoms with van der Waals surface area (Å²) in [6.07, 6.45) is 4.16. The molecule has 3 rings (SSSR count). The molecule has 1 saturated heterocycles. The fourth-order valence-electron chi connectivity index (χ4n) is 3.42. The average Bonchev–Trinajstić information content (AvgIpc) is 3.09. The Balaban J connectivity index is 1.63. The number of methoxy groups -OCH3 is 2. The second kappa shape index (κ2) is 7.66. The van der Waals surface area contributed by atoms with Crippen LogP contribution in [0.5, 0.6) is 5.75 Å². The van der Waals surface area contributed by atoms with E-state index in [1.807, 2.05) is 31.4 Å². The summed E-state index contributed by atoms with van der Waals surface area (Å²) < 4.78 is 16.4. The van der Waals surface area contributed by atoms with Crippen molar-refractivity contribution < 1.29 is 13.9 Å². The number of furan rings is 1. The lowest BCUT2D eigenvalue weighted by molar-refractivity contribution is -0.00997. The van der Waals surface area contributed by atoms with Crippen LogP contribution in [0.15, 0.2) is 47.1 Å². The van der Waals surface area contributed by atoms with Gasteiger partial charge in [0.2, 0.25) is 0 Å². The van der Waals surface area contributed by atoms with Crippen LogP contribution in [0.3, 0.4) is 0 Å². The number of hydrogen-bond donors (Lipinski definition) is 0. The van der Waals surface area contributed by atoms with Crippen LogP contribution in [0, 0.1) is 5.92 Å². The molecular formula is C19H25NO3. The van der Waals surface area contributed by atoms with Crippen molar-refractivity contribution in [3.8, 4) is 5.75 Å². The number of ether oxygens (including phenoxy) is 2. The molecule has 0 spiro atoms. The fraction of sp³-hybridized carbons (Fsp3) is 0.474. The van der Waals surface area contributed by atoms with Crippen LogP contribution in [0.1, 0.15) is 17.7 Å². The van der Waals surface area contributed by atoms with Crippen molar-refractivity contribution in [1.82, 2.24) is 4.90 Å². The van der Waals surface area contributed by atoms with Gasteiger partial charge in [0, 0.05) is 26.1 Å². The Kier molecular flexibility index (Phi) is 5.36. The van der Waals surface area contributed by atoms with Crippen molar-refractivity contribution in [2.75, 3.05) is 27.3 Å². The quantitative estimate of drug-likeness (QED) is 0.818. The smallest absolute Gasteiger partial charge is 0.118 e. The molecule has 0 unspecified atom stereocenters. The fourth-order valence-corrected chi connectivity index (χ4v) is 3.42. The second-order valence-electron chi connectivity index (χ2n) is 6.19. The van der Waals surface area contributed by atoms with Crippen molar-refractivity contribution in [3.05, 3.63) is 54.0 Å². The molecule has 0 radical (unpaired) electrons. The predicted molar refractivity (Wildman–Crippen MR) is 89.6 cm³/mol.